The molecule has 0 saturated carbocycles. The summed E-state index contributed by atoms with van der Waals surface area (Å²) in [4.78, 5) is 2.36. The van der Waals surface area contributed by atoms with E-state index in [0.717, 1.165) is 44.3 Å². The molecule has 1 atom stereocenters. The Labute approximate surface area is 182 Å². The molecule has 6 heteroatoms. The second kappa shape index (κ2) is 10.1. The highest BCUT2D eigenvalue weighted by atomic mass is 19.1. The number of benzene rings is 2. The number of methoxy groups -OCH3 is 1. The molecule has 2 heterocycles. The van der Waals surface area contributed by atoms with Gasteiger partial charge in [0, 0.05) is 23.7 Å². The van der Waals surface area contributed by atoms with E-state index in [0.29, 0.717) is 29.5 Å². The van der Waals surface area contributed by atoms with Crippen LogP contribution in [0.4, 0.5) is 4.39 Å². The fourth-order valence-electron chi connectivity index (χ4n) is 4.42. The topological polar surface area (TPSA) is 61.4 Å². The van der Waals surface area contributed by atoms with Crippen LogP contribution in [0, 0.1) is 11.7 Å². The second-order valence-electron chi connectivity index (χ2n) is 8.32. The van der Waals surface area contributed by atoms with Crippen LogP contribution in [0.2, 0.25) is 0 Å². The Morgan fingerprint density at radius 1 is 1.19 bits per heavy atom. The van der Waals surface area contributed by atoms with Gasteiger partial charge in [-0.05, 0) is 62.4 Å². The first-order valence-corrected chi connectivity index (χ1v) is 10.9. The number of aromatic nitrogens is 2. The van der Waals surface area contributed by atoms with Gasteiger partial charge in [0.15, 0.2) is 0 Å². The van der Waals surface area contributed by atoms with Crippen LogP contribution in [-0.4, -0.2) is 46.5 Å². The van der Waals surface area contributed by atoms with Crippen molar-refractivity contribution in [2.24, 2.45) is 5.92 Å². The number of nitrogens with one attached hydrogen (secondary N) is 1. The molecule has 0 spiro atoms. The van der Waals surface area contributed by atoms with Crippen molar-refractivity contribution in [2.45, 2.75) is 38.3 Å². The van der Waals surface area contributed by atoms with Gasteiger partial charge in [-0.2, -0.15) is 5.10 Å². The van der Waals surface area contributed by atoms with E-state index in [2.05, 4.69) is 27.2 Å². The Morgan fingerprint density at radius 2 is 1.97 bits per heavy atom. The van der Waals surface area contributed by atoms with E-state index in [1.807, 2.05) is 18.2 Å². The average Bonchev–Trinajstić information content (AvgIpc) is 3.26. The molecule has 0 aliphatic carbocycles. The van der Waals surface area contributed by atoms with Gasteiger partial charge in [0.25, 0.3) is 0 Å². The number of halogens is 1. The molecule has 1 aliphatic heterocycles. The summed E-state index contributed by atoms with van der Waals surface area (Å²) >= 11 is 0. The van der Waals surface area contributed by atoms with Gasteiger partial charge in [-0.25, -0.2) is 4.39 Å². The number of rotatable bonds is 8. The molecule has 2 N–H and O–H groups in total. The molecule has 1 fully saturated rings. The number of likely N-dealkylation sites (tertiary alicyclic amines) is 1. The van der Waals surface area contributed by atoms with Crippen LogP contribution < -0.4 is 4.74 Å². The van der Waals surface area contributed by atoms with Gasteiger partial charge in [0.05, 0.1) is 25.1 Å². The molecule has 1 aliphatic rings. The smallest absolute Gasteiger partial charge is 0.136 e. The quantitative estimate of drug-likeness (QED) is 0.563. The van der Waals surface area contributed by atoms with E-state index in [1.54, 1.807) is 18.3 Å². The second-order valence-corrected chi connectivity index (χ2v) is 8.32. The minimum absolute atomic E-state index is 0.264. The fraction of sp³-hybridized carbons (Fsp3) is 0.400. The Bertz CT molecular complexity index is 968. The normalized spacial score (nSPS) is 16.4. The molecule has 5 nitrogen and oxygen atoms in total. The van der Waals surface area contributed by atoms with Gasteiger partial charge < -0.3 is 9.84 Å². The van der Waals surface area contributed by atoms with Crippen molar-refractivity contribution in [3.8, 4) is 17.0 Å². The Balaban J connectivity index is 1.31. The molecule has 2 aromatic carbocycles. The van der Waals surface area contributed by atoms with Crippen LogP contribution >= 0.6 is 0 Å². The Kier molecular flexibility index (Phi) is 6.99. The number of nitrogens with zero attached hydrogens (tertiary/aromatic N) is 2. The summed E-state index contributed by atoms with van der Waals surface area (Å²) in [6, 6.07) is 15.2. The molecule has 164 valence electrons. The van der Waals surface area contributed by atoms with Gasteiger partial charge in [-0.3, -0.25) is 10.00 Å². The standard InChI is InChI=1S/C25H30FN3O2/c1-31-21-8-9-22(23(26)15-21)25-20(16-27-28-25)17-29-13-11-19(12-14-29)24(30)10-7-18-5-3-2-4-6-18/h2-6,8-9,15-16,19,24,30H,7,10-14,17H2,1H3,(H,27,28). The van der Waals surface area contributed by atoms with Crippen molar-refractivity contribution in [1.29, 1.82) is 0 Å². The van der Waals surface area contributed by atoms with E-state index < -0.39 is 0 Å². The molecule has 3 aromatic rings. The van der Waals surface area contributed by atoms with Crippen LogP contribution in [0.1, 0.15) is 30.4 Å². The lowest BCUT2D eigenvalue weighted by Gasteiger charge is -2.34. The number of aliphatic hydroxyl groups is 1. The van der Waals surface area contributed by atoms with Crippen LogP contribution in [0.5, 0.6) is 5.75 Å². The van der Waals surface area contributed by atoms with Crippen LogP contribution in [0.25, 0.3) is 11.3 Å². The summed E-state index contributed by atoms with van der Waals surface area (Å²) < 4.78 is 19.6. The highest BCUT2D eigenvalue weighted by Gasteiger charge is 2.26. The number of hydrogen-bond acceptors (Lipinski definition) is 4. The van der Waals surface area contributed by atoms with Gasteiger partial charge in [-0.1, -0.05) is 30.3 Å². The fourth-order valence-corrected chi connectivity index (χ4v) is 4.42. The number of piperidine rings is 1. The number of aliphatic hydroxyl groups excluding tert-OH is 1. The van der Waals surface area contributed by atoms with E-state index in [-0.39, 0.29) is 11.9 Å². The van der Waals surface area contributed by atoms with E-state index in [4.69, 9.17) is 4.74 Å². The highest BCUT2D eigenvalue weighted by molar-refractivity contribution is 5.64. The summed E-state index contributed by atoms with van der Waals surface area (Å²) in [6.07, 6.45) is 5.17. The van der Waals surface area contributed by atoms with Crippen molar-refractivity contribution < 1.29 is 14.2 Å². The van der Waals surface area contributed by atoms with Crippen molar-refractivity contribution in [3.05, 3.63) is 71.7 Å². The third kappa shape index (κ3) is 5.32. The first-order valence-electron chi connectivity index (χ1n) is 10.9. The summed E-state index contributed by atoms with van der Waals surface area (Å²) in [5.74, 6) is 0.503. The molecule has 1 saturated heterocycles. The maximum atomic E-state index is 14.5. The van der Waals surface area contributed by atoms with Gasteiger partial charge in [0.1, 0.15) is 11.6 Å². The van der Waals surface area contributed by atoms with Crippen LogP contribution in [-0.2, 0) is 13.0 Å². The predicted octanol–water partition coefficient (Wildman–Crippen LogP) is 4.43. The molecule has 0 radical (unpaired) electrons. The lowest BCUT2D eigenvalue weighted by Crippen LogP contribution is -2.37. The van der Waals surface area contributed by atoms with Crippen molar-refractivity contribution in [1.82, 2.24) is 15.1 Å². The maximum absolute atomic E-state index is 14.5. The predicted molar refractivity (Wildman–Crippen MR) is 119 cm³/mol. The van der Waals surface area contributed by atoms with Crippen LogP contribution in [0.3, 0.4) is 0 Å². The zero-order valence-corrected chi connectivity index (χ0v) is 17.9. The van der Waals surface area contributed by atoms with Crippen molar-refractivity contribution in [3.63, 3.8) is 0 Å². The molecule has 1 aromatic heterocycles. The van der Waals surface area contributed by atoms with Crippen molar-refractivity contribution >= 4 is 0 Å². The summed E-state index contributed by atoms with van der Waals surface area (Å²) in [5, 5.41) is 17.8. The summed E-state index contributed by atoms with van der Waals surface area (Å²) in [7, 11) is 1.53. The van der Waals surface area contributed by atoms with E-state index >= 15 is 0 Å². The number of ether oxygens (including phenoxy) is 1. The third-order valence-corrected chi connectivity index (χ3v) is 6.31. The minimum atomic E-state index is -0.329. The molecular formula is C25H30FN3O2. The first kappa shape index (κ1) is 21.5. The number of H-pyrrole nitrogens is 1. The number of aromatic amines is 1. The SMILES string of the molecule is COc1ccc(-c2[nH]ncc2CN2CCC(C(O)CCc3ccccc3)CC2)c(F)c1. The van der Waals surface area contributed by atoms with Gasteiger partial charge in [0.2, 0.25) is 0 Å². The average molecular weight is 424 g/mol. The Morgan fingerprint density at radius 3 is 2.68 bits per heavy atom. The summed E-state index contributed by atoms with van der Waals surface area (Å²) in [6.45, 7) is 2.55. The number of hydrogen-bond donors (Lipinski definition) is 2. The molecule has 4 rings (SSSR count). The monoisotopic (exact) mass is 423 g/mol. The molecular weight excluding hydrogens is 393 g/mol. The third-order valence-electron chi connectivity index (χ3n) is 6.31. The maximum Gasteiger partial charge on any atom is 0.136 e. The highest BCUT2D eigenvalue weighted by Crippen LogP contribution is 2.30. The van der Waals surface area contributed by atoms with E-state index in [1.165, 1.54) is 18.7 Å². The van der Waals surface area contributed by atoms with Gasteiger partial charge in [-0.15, -0.1) is 0 Å². The summed E-state index contributed by atoms with van der Waals surface area (Å²) in [5.41, 5.74) is 3.47. The van der Waals surface area contributed by atoms with E-state index in [9.17, 15) is 9.50 Å². The Hall–Kier alpha value is -2.70. The molecule has 0 bridgehead atoms. The number of aryl methyl sites for hydroxylation is 1. The van der Waals surface area contributed by atoms with Crippen LogP contribution in [0.15, 0.2) is 54.7 Å². The first-order chi connectivity index (χ1) is 15.1. The largest absolute Gasteiger partial charge is 0.497 e. The van der Waals surface area contributed by atoms with Gasteiger partial charge >= 0.3 is 0 Å². The van der Waals surface area contributed by atoms with Crippen molar-refractivity contribution in [2.75, 3.05) is 20.2 Å². The zero-order chi connectivity index (χ0) is 21.6. The lowest BCUT2D eigenvalue weighted by molar-refractivity contribution is 0.0520. The lowest BCUT2D eigenvalue weighted by atomic mass is 9.88. The molecule has 1 unspecified atom stereocenters. The molecule has 0 amide bonds. The minimum Gasteiger partial charge on any atom is -0.497 e. The molecule has 31 heavy (non-hydrogen) atoms. The zero-order valence-electron chi connectivity index (χ0n) is 17.9.